The summed E-state index contributed by atoms with van der Waals surface area (Å²) in [5.41, 5.74) is 1.14. The van der Waals surface area contributed by atoms with Gasteiger partial charge in [-0.3, -0.25) is 9.69 Å². The van der Waals surface area contributed by atoms with Gasteiger partial charge in [0.2, 0.25) is 15.9 Å². The highest BCUT2D eigenvalue weighted by molar-refractivity contribution is 7.89. The van der Waals surface area contributed by atoms with E-state index in [0.717, 1.165) is 44.5 Å². The summed E-state index contributed by atoms with van der Waals surface area (Å²) in [6.07, 6.45) is 4.71. The molecule has 0 aromatic heterocycles. The van der Waals surface area contributed by atoms with Crippen molar-refractivity contribution in [2.24, 2.45) is 5.92 Å². The van der Waals surface area contributed by atoms with Crippen LogP contribution in [0.4, 0.5) is 0 Å². The molecular weight excluding hydrogens is 436 g/mol. The molecule has 186 valence electrons. The van der Waals surface area contributed by atoms with E-state index in [1.165, 1.54) is 10.7 Å². The normalized spacial score (nSPS) is 20.5. The molecule has 3 rings (SSSR count). The predicted molar refractivity (Wildman–Crippen MR) is 133 cm³/mol. The Kier molecular flexibility index (Phi) is 9.73. The molecule has 0 spiro atoms. The van der Waals surface area contributed by atoms with Crippen molar-refractivity contribution in [1.29, 1.82) is 0 Å². The van der Waals surface area contributed by atoms with Crippen LogP contribution in [-0.4, -0.2) is 86.8 Å². The zero-order valence-electron chi connectivity index (χ0n) is 20.6. The number of hydrogen-bond acceptors (Lipinski definition) is 5. The average Bonchev–Trinajstić information content (AvgIpc) is 2.80. The predicted octanol–water partition coefficient (Wildman–Crippen LogP) is 2.57. The van der Waals surface area contributed by atoms with Crippen LogP contribution in [0.25, 0.3) is 0 Å². The van der Waals surface area contributed by atoms with E-state index in [2.05, 4.69) is 31.0 Å². The minimum atomic E-state index is -3.67. The molecule has 2 saturated heterocycles. The zero-order chi connectivity index (χ0) is 23.8. The maximum Gasteiger partial charge on any atom is 0.243 e. The molecular formula is C25H42N4O3S. The van der Waals surface area contributed by atoms with Gasteiger partial charge in [-0.25, -0.2) is 8.42 Å². The molecule has 0 unspecified atom stereocenters. The Balaban J connectivity index is 1.71. The summed E-state index contributed by atoms with van der Waals surface area (Å²) in [7, 11) is -3.67. The number of nitrogens with one attached hydrogen (secondary N) is 1. The molecule has 2 aliphatic rings. The molecule has 1 aromatic carbocycles. The van der Waals surface area contributed by atoms with Crippen molar-refractivity contribution in [2.75, 3.05) is 52.4 Å². The second kappa shape index (κ2) is 12.3. The van der Waals surface area contributed by atoms with E-state index in [9.17, 15) is 13.2 Å². The lowest BCUT2D eigenvalue weighted by molar-refractivity contribution is -0.131. The van der Waals surface area contributed by atoms with Gasteiger partial charge in [-0.15, -0.1) is 0 Å². The van der Waals surface area contributed by atoms with Gasteiger partial charge in [0.15, 0.2) is 0 Å². The first-order valence-corrected chi connectivity index (χ1v) is 14.0. The summed E-state index contributed by atoms with van der Waals surface area (Å²) in [5, 5.41) is 3.25. The Labute approximate surface area is 200 Å². The smallest absolute Gasteiger partial charge is 0.243 e. The van der Waals surface area contributed by atoms with E-state index in [1.54, 1.807) is 12.1 Å². The monoisotopic (exact) mass is 478 g/mol. The van der Waals surface area contributed by atoms with Crippen molar-refractivity contribution in [3.63, 3.8) is 0 Å². The SMILES string of the molecule is CC(C)Cc1ccc(S(=O)(=O)N(CCC(=O)N2CCNCC2)CCN2CCCC[C@@H]2C)cc1. The van der Waals surface area contributed by atoms with Crippen molar-refractivity contribution in [2.45, 2.75) is 63.8 Å². The summed E-state index contributed by atoms with van der Waals surface area (Å²) >= 11 is 0. The van der Waals surface area contributed by atoms with Crippen LogP contribution in [0.5, 0.6) is 0 Å². The van der Waals surface area contributed by atoms with Gasteiger partial charge < -0.3 is 10.2 Å². The summed E-state index contributed by atoms with van der Waals surface area (Å²) < 4.78 is 28.7. The number of piperazine rings is 1. The maximum atomic E-state index is 13.6. The molecule has 1 N–H and O–H groups in total. The number of sulfonamides is 1. The summed E-state index contributed by atoms with van der Waals surface area (Å²) in [4.78, 5) is 17.3. The Bertz CT molecular complexity index is 851. The molecule has 0 bridgehead atoms. The van der Waals surface area contributed by atoms with E-state index < -0.39 is 10.0 Å². The van der Waals surface area contributed by atoms with Gasteiger partial charge in [-0.2, -0.15) is 4.31 Å². The van der Waals surface area contributed by atoms with E-state index >= 15 is 0 Å². The lowest BCUT2D eigenvalue weighted by Crippen LogP contribution is -2.48. The Hall–Kier alpha value is -1.48. The quantitative estimate of drug-likeness (QED) is 0.560. The highest BCUT2D eigenvalue weighted by Gasteiger charge is 2.28. The second-order valence-corrected chi connectivity index (χ2v) is 11.8. The number of amides is 1. The minimum absolute atomic E-state index is 0.0373. The molecule has 7 nitrogen and oxygen atoms in total. The highest BCUT2D eigenvalue weighted by Crippen LogP contribution is 2.20. The third-order valence-electron chi connectivity index (χ3n) is 6.83. The van der Waals surface area contributed by atoms with Crippen LogP contribution in [0.3, 0.4) is 0 Å². The largest absolute Gasteiger partial charge is 0.340 e. The van der Waals surface area contributed by atoms with Gasteiger partial charge >= 0.3 is 0 Å². The third-order valence-corrected chi connectivity index (χ3v) is 8.74. The molecule has 33 heavy (non-hydrogen) atoms. The summed E-state index contributed by atoms with van der Waals surface area (Å²) in [6, 6.07) is 7.76. The fraction of sp³-hybridized carbons (Fsp3) is 0.720. The summed E-state index contributed by atoms with van der Waals surface area (Å²) in [6.45, 7) is 11.9. The fourth-order valence-corrected chi connectivity index (χ4v) is 6.22. The van der Waals surface area contributed by atoms with E-state index in [-0.39, 0.29) is 18.9 Å². The number of nitrogens with zero attached hydrogens (tertiary/aromatic N) is 3. The lowest BCUT2D eigenvalue weighted by Gasteiger charge is -2.35. The van der Waals surface area contributed by atoms with Crippen molar-refractivity contribution in [3.8, 4) is 0 Å². The van der Waals surface area contributed by atoms with Crippen molar-refractivity contribution in [3.05, 3.63) is 29.8 Å². The van der Waals surface area contributed by atoms with Gasteiger partial charge in [0.25, 0.3) is 0 Å². The van der Waals surface area contributed by atoms with Crippen LogP contribution < -0.4 is 5.32 Å². The van der Waals surface area contributed by atoms with Crippen LogP contribution in [0.15, 0.2) is 29.2 Å². The van der Waals surface area contributed by atoms with Crippen LogP contribution in [0, 0.1) is 5.92 Å². The molecule has 2 fully saturated rings. The van der Waals surface area contributed by atoms with E-state index in [0.29, 0.717) is 43.0 Å². The van der Waals surface area contributed by atoms with Gasteiger partial charge in [-0.1, -0.05) is 32.4 Å². The number of hydrogen-bond donors (Lipinski definition) is 1. The first-order valence-electron chi connectivity index (χ1n) is 12.6. The second-order valence-electron chi connectivity index (χ2n) is 9.91. The van der Waals surface area contributed by atoms with Crippen molar-refractivity contribution in [1.82, 2.24) is 19.4 Å². The van der Waals surface area contributed by atoms with E-state index in [1.807, 2.05) is 17.0 Å². The van der Waals surface area contributed by atoms with Crippen molar-refractivity contribution < 1.29 is 13.2 Å². The molecule has 1 amide bonds. The van der Waals surface area contributed by atoms with Crippen molar-refractivity contribution >= 4 is 15.9 Å². The standard InChI is InChI=1S/C25H42N4O3S/c1-21(2)20-23-7-9-24(10-8-23)33(31,32)29(19-18-27-14-5-4-6-22(27)3)15-11-25(30)28-16-12-26-13-17-28/h7-10,21-22,26H,4-6,11-20H2,1-3H3/t22-/m0/s1. The summed E-state index contributed by atoms with van der Waals surface area (Å²) in [5.74, 6) is 0.557. The lowest BCUT2D eigenvalue weighted by atomic mass is 10.0. The third kappa shape index (κ3) is 7.50. The number of benzene rings is 1. The number of piperidine rings is 1. The Morgan fingerprint density at radius 2 is 1.79 bits per heavy atom. The van der Waals surface area contributed by atoms with Gasteiger partial charge in [0.05, 0.1) is 4.90 Å². The van der Waals surface area contributed by atoms with Crippen LogP contribution in [0.1, 0.15) is 52.0 Å². The zero-order valence-corrected chi connectivity index (χ0v) is 21.4. The number of likely N-dealkylation sites (tertiary alicyclic amines) is 1. The molecule has 0 aliphatic carbocycles. The van der Waals surface area contributed by atoms with Crippen LogP contribution in [0.2, 0.25) is 0 Å². The van der Waals surface area contributed by atoms with Gasteiger partial charge in [-0.05, 0) is 56.3 Å². The molecule has 0 radical (unpaired) electrons. The maximum absolute atomic E-state index is 13.6. The number of carbonyl (C=O) groups excluding carboxylic acids is 1. The van der Waals surface area contributed by atoms with Gasteiger partial charge in [0.1, 0.15) is 0 Å². The molecule has 1 atom stereocenters. The van der Waals surface area contributed by atoms with E-state index in [4.69, 9.17) is 0 Å². The Morgan fingerprint density at radius 3 is 2.42 bits per heavy atom. The molecule has 1 aromatic rings. The highest BCUT2D eigenvalue weighted by atomic mass is 32.2. The Morgan fingerprint density at radius 1 is 1.09 bits per heavy atom. The first kappa shape index (κ1) is 26.1. The topological polar surface area (TPSA) is 73.0 Å². The van der Waals surface area contributed by atoms with Gasteiger partial charge in [0, 0.05) is 58.3 Å². The number of rotatable bonds is 10. The number of carbonyl (C=O) groups is 1. The average molecular weight is 479 g/mol. The van der Waals surface area contributed by atoms with Crippen LogP contribution >= 0.6 is 0 Å². The molecule has 0 saturated carbocycles. The van der Waals surface area contributed by atoms with Crippen LogP contribution in [-0.2, 0) is 21.2 Å². The minimum Gasteiger partial charge on any atom is -0.340 e. The molecule has 2 aliphatic heterocycles. The molecule has 8 heteroatoms. The fourth-order valence-electron chi connectivity index (χ4n) is 4.79. The molecule has 2 heterocycles. The first-order chi connectivity index (χ1) is 15.8.